The summed E-state index contributed by atoms with van der Waals surface area (Å²) in [6.07, 6.45) is 8.70. The molecule has 1 aliphatic heterocycles. The molecule has 0 aromatic carbocycles. The van der Waals surface area contributed by atoms with Crippen molar-refractivity contribution in [2.24, 2.45) is 0 Å². The van der Waals surface area contributed by atoms with E-state index in [-0.39, 0.29) is 5.54 Å². The summed E-state index contributed by atoms with van der Waals surface area (Å²) in [5.41, 5.74) is 1.72. The number of aromatic nitrogens is 1. The maximum absolute atomic E-state index is 4.59. The van der Waals surface area contributed by atoms with Gasteiger partial charge in [-0.1, -0.05) is 19.3 Å². The number of nitrogens with zero attached hydrogens (tertiary/aromatic N) is 2. The van der Waals surface area contributed by atoms with Crippen LogP contribution in [0.5, 0.6) is 0 Å². The summed E-state index contributed by atoms with van der Waals surface area (Å²) in [7, 11) is 0. The van der Waals surface area contributed by atoms with Gasteiger partial charge in [0.2, 0.25) is 0 Å². The summed E-state index contributed by atoms with van der Waals surface area (Å²) in [6.45, 7) is 7.81. The third-order valence-electron chi connectivity index (χ3n) is 5.08. The number of nitrogens with one attached hydrogen (secondary N) is 1. The van der Waals surface area contributed by atoms with Gasteiger partial charge in [-0.3, -0.25) is 9.88 Å². The van der Waals surface area contributed by atoms with Gasteiger partial charge in [-0.05, 0) is 54.8 Å². The average molecular weight is 352 g/mol. The van der Waals surface area contributed by atoms with Crippen LogP contribution < -0.4 is 5.32 Å². The van der Waals surface area contributed by atoms with Crippen LogP contribution in [0.15, 0.2) is 22.8 Å². The zero-order chi connectivity index (χ0) is 14.9. The zero-order valence-electron chi connectivity index (χ0n) is 13.2. The minimum atomic E-state index is 0.193. The number of piperazine rings is 1. The highest BCUT2D eigenvalue weighted by molar-refractivity contribution is 9.10. The van der Waals surface area contributed by atoms with Crippen LogP contribution in [0.2, 0.25) is 0 Å². The standard InChI is InChI=1S/C17H26BrN3/c1-16(2)13-21(11-15-7-6-14(18)10-19-15)17(12-20-16)8-4-3-5-9-17/h6-7,10,20H,3-5,8-9,11-13H2,1-2H3. The molecule has 1 aromatic rings. The monoisotopic (exact) mass is 351 g/mol. The lowest BCUT2D eigenvalue weighted by Gasteiger charge is -2.54. The highest BCUT2D eigenvalue weighted by atomic mass is 79.9. The molecule has 1 aliphatic carbocycles. The molecule has 3 nitrogen and oxygen atoms in total. The first kappa shape index (κ1) is 15.4. The minimum absolute atomic E-state index is 0.193. The fourth-order valence-corrected chi connectivity index (χ4v) is 4.07. The molecule has 1 aromatic heterocycles. The molecule has 2 aliphatic rings. The summed E-state index contributed by atoms with van der Waals surface area (Å²) in [4.78, 5) is 7.30. The van der Waals surface area contributed by atoms with Gasteiger partial charge in [-0.2, -0.15) is 0 Å². The Morgan fingerprint density at radius 1 is 1.24 bits per heavy atom. The van der Waals surface area contributed by atoms with Gasteiger partial charge >= 0.3 is 0 Å². The first-order valence-corrected chi connectivity index (χ1v) is 8.89. The summed E-state index contributed by atoms with van der Waals surface area (Å²) in [5, 5.41) is 3.77. The molecule has 2 fully saturated rings. The molecule has 1 spiro atoms. The Morgan fingerprint density at radius 3 is 2.67 bits per heavy atom. The number of pyridine rings is 1. The van der Waals surface area contributed by atoms with Crippen LogP contribution in [0, 0.1) is 0 Å². The molecular formula is C17H26BrN3. The molecule has 1 saturated carbocycles. The third kappa shape index (κ3) is 3.49. The molecule has 21 heavy (non-hydrogen) atoms. The second-order valence-corrected chi connectivity index (χ2v) is 8.26. The average Bonchev–Trinajstić information content (AvgIpc) is 2.47. The van der Waals surface area contributed by atoms with E-state index in [1.807, 2.05) is 6.20 Å². The van der Waals surface area contributed by atoms with Crippen molar-refractivity contribution in [1.29, 1.82) is 0 Å². The number of rotatable bonds is 2. The second kappa shape index (κ2) is 5.98. The highest BCUT2D eigenvalue weighted by Gasteiger charge is 2.44. The first-order chi connectivity index (χ1) is 9.99. The van der Waals surface area contributed by atoms with Crippen molar-refractivity contribution in [3.05, 3.63) is 28.5 Å². The zero-order valence-corrected chi connectivity index (χ0v) is 14.7. The third-order valence-corrected chi connectivity index (χ3v) is 5.55. The molecule has 0 amide bonds. The van der Waals surface area contributed by atoms with Gasteiger partial charge in [-0.25, -0.2) is 0 Å². The van der Waals surface area contributed by atoms with E-state index in [1.54, 1.807) is 0 Å². The Balaban J connectivity index is 1.81. The Morgan fingerprint density at radius 2 is 2.00 bits per heavy atom. The molecule has 116 valence electrons. The minimum Gasteiger partial charge on any atom is -0.309 e. The molecule has 0 bridgehead atoms. The SMILES string of the molecule is CC1(C)CN(Cc2ccc(Br)cn2)C2(CCCCC2)CN1. The number of hydrogen-bond donors (Lipinski definition) is 1. The van der Waals surface area contributed by atoms with Gasteiger partial charge in [0, 0.05) is 41.4 Å². The first-order valence-electron chi connectivity index (χ1n) is 8.10. The van der Waals surface area contributed by atoms with E-state index in [0.717, 1.165) is 24.1 Å². The lowest BCUT2D eigenvalue weighted by molar-refractivity contribution is -0.0169. The normalized spacial score (nSPS) is 25.1. The van der Waals surface area contributed by atoms with Crippen LogP contribution in [-0.2, 0) is 6.54 Å². The molecule has 0 radical (unpaired) electrons. The van der Waals surface area contributed by atoms with E-state index in [4.69, 9.17) is 0 Å². The van der Waals surface area contributed by atoms with Crippen LogP contribution in [0.3, 0.4) is 0 Å². The molecule has 2 heterocycles. The molecular weight excluding hydrogens is 326 g/mol. The van der Waals surface area contributed by atoms with Crippen molar-refractivity contribution in [3.8, 4) is 0 Å². The lowest BCUT2D eigenvalue weighted by Crippen LogP contribution is -2.68. The smallest absolute Gasteiger partial charge is 0.0545 e. The van der Waals surface area contributed by atoms with Crippen LogP contribution >= 0.6 is 15.9 Å². The van der Waals surface area contributed by atoms with Crippen molar-refractivity contribution in [1.82, 2.24) is 15.2 Å². The number of halogens is 1. The van der Waals surface area contributed by atoms with E-state index < -0.39 is 0 Å². The van der Waals surface area contributed by atoms with E-state index in [1.165, 1.54) is 37.8 Å². The van der Waals surface area contributed by atoms with Gasteiger partial charge < -0.3 is 5.32 Å². The Labute approximate surface area is 136 Å². The predicted octanol–water partition coefficient (Wildman–Crippen LogP) is 3.73. The van der Waals surface area contributed by atoms with Crippen molar-refractivity contribution in [2.45, 2.75) is 63.6 Å². The summed E-state index contributed by atoms with van der Waals surface area (Å²) >= 11 is 3.47. The molecule has 3 rings (SSSR count). The van der Waals surface area contributed by atoms with Gasteiger partial charge in [0.15, 0.2) is 0 Å². The van der Waals surface area contributed by atoms with Crippen LogP contribution in [0.1, 0.15) is 51.6 Å². The Bertz CT molecular complexity index is 477. The maximum Gasteiger partial charge on any atom is 0.0545 e. The van der Waals surface area contributed by atoms with Crippen LogP contribution in [0.4, 0.5) is 0 Å². The molecule has 1 N–H and O–H groups in total. The van der Waals surface area contributed by atoms with Gasteiger partial charge in [-0.15, -0.1) is 0 Å². The number of hydrogen-bond acceptors (Lipinski definition) is 3. The van der Waals surface area contributed by atoms with Gasteiger partial charge in [0.1, 0.15) is 0 Å². The summed E-state index contributed by atoms with van der Waals surface area (Å²) in [5.74, 6) is 0. The summed E-state index contributed by atoms with van der Waals surface area (Å²) < 4.78 is 1.05. The van der Waals surface area contributed by atoms with Crippen LogP contribution in [-0.4, -0.2) is 34.1 Å². The van der Waals surface area contributed by atoms with Crippen molar-refractivity contribution >= 4 is 15.9 Å². The van der Waals surface area contributed by atoms with Gasteiger partial charge in [0.25, 0.3) is 0 Å². The second-order valence-electron chi connectivity index (χ2n) is 7.35. The van der Waals surface area contributed by atoms with Crippen molar-refractivity contribution in [2.75, 3.05) is 13.1 Å². The van der Waals surface area contributed by atoms with Crippen molar-refractivity contribution in [3.63, 3.8) is 0 Å². The Kier molecular flexibility index (Phi) is 4.40. The fourth-order valence-electron chi connectivity index (χ4n) is 3.84. The predicted molar refractivity (Wildman–Crippen MR) is 90.2 cm³/mol. The van der Waals surface area contributed by atoms with E-state index in [9.17, 15) is 0 Å². The molecule has 0 unspecified atom stereocenters. The fraction of sp³-hybridized carbons (Fsp3) is 0.706. The quantitative estimate of drug-likeness (QED) is 0.879. The van der Waals surface area contributed by atoms with Crippen LogP contribution in [0.25, 0.3) is 0 Å². The molecule has 4 heteroatoms. The topological polar surface area (TPSA) is 28.2 Å². The Hall–Kier alpha value is -0.450. The van der Waals surface area contributed by atoms with E-state index in [2.05, 4.69) is 57.1 Å². The lowest BCUT2D eigenvalue weighted by atomic mass is 9.77. The summed E-state index contributed by atoms with van der Waals surface area (Å²) in [6, 6.07) is 4.25. The van der Waals surface area contributed by atoms with E-state index in [0.29, 0.717) is 5.54 Å². The van der Waals surface area contributed by atoms with Gasteiger partial charge in [0.05, 0.1) is 5.69 Å². The van der Waals surface area contributed by atoms with Crippen molar-refractivity contribution < 1.29 is 0 Å². The highest BCUT2D eigenvalue weighted by Crippen LogP contribution is 2.37. The molecule has 1 saturated heterocycles. The maximum atomic E-state index is 4.59. The van der Waals surface area contributed by atoms with E-state index >= 15 is 0 Å². The molecule has 0 atom stereocenters. The largest absolute Gasteiger partial charge is 0.309 e.